The van der Waals surface area contributed by atoms with Crippen molar-refractivity contribution in [1.82, 2.24) is 0 Å². The van der Waals surface area contributed by atoms with Crippen molar-refractivity contribution in [2.45, 2.75) is 115 Å². The van der Waals surface area contributed by atoms with Gasteiger partial charge in [-0.2, -0.15) is 0 Å². The molecule has 0 rings (SSSR count). The van der Waals surface area contributed by atoms with E-state index in [1.54, 1.807) is 0 Å². The summed E-state index contributed by atoms with van der Waals surface area (Å²) in [5.41, 5.74) is 0. The van der Waals surface area contributed by atoms with Gasteiger partial charge in [0.2, 0.25) is 0 Å². The first-order chi connectivity index (χ1) is 10.9. The van der Waals surface area contributed by atoms with Crippen LogP contribution in [0.5, 0.6) is 0 Å². The Morgan fingerprint density at radius 3 is 1.67 bits per heavy atom. The summed E-state index contributed by atoms with van der Waals surface area (Å²) in [6, 6.07) is 0. The van der Waals surface area contributed by atoms with E-state index in [2.05, 4.69) is 6.92 Å². The zero-order valence-corrected chi connectivity index (χ0v) is 20.1. The molecule has 0 aliphatic rings. The standard InChI is InChI=1S/C18H38O4S.K/c1-3-4-5-6-7-8-9-10-11-12-15-18(19)16-13-14-17(2)23(20,21)22;/h17-19H,3-16H2,1-2H3,(H,20,21,22);/q;+1/p-1. The molecule has 0 aromatic carbocycles. The molecule has 0 saturated heterocycles. The molecule has 140 valence electrons. The first kappa shape index (κ1) is 27.7. The van der Waals surface area contributed by atoms with Crippen molar-refractivity contribution < 1.29 is 69.5 Å². The fourth-order valence-electron chi connectivity index (χ4n) is 2.80. The number of aliphatic hydroxyl groups excluding tert-OH is 1. The predicted octanol–water partition coefficient (Wildman–Crippen LogP) is 1.77. The molecular weight excluding hydrogens is 351 g/mol. The first-order valence-corrected chi connectivity index (χ1v) is 11.0. The summed E-state index contributed by atoms with van der Waals surface area (Å²) in [5, 5.41) is 9.02. The van der Waals surface area contributed by atoms with Crippen molar-refractivity contribution in [3.63, 3.8) is 0 Å². The van der Waals surface area contributed by atoms with Crippen LogP contribution in [0.25, 0.3) is 0 Å². The summed E-state index contributed by atoms with van der Waals surface area (Å²) in [6.45, 7) is 3.68. The molecule has 0 spiro atoms. The van der Waals surface area contributed by atoms with Crippen LogP contribution in [0.4, 0.5) is 0 Å². The number of hydrogen-bond acceptors (Lipinski definition) is 4. The van der Waals surface area contributed by atoms with Gasteiger partial charge >= 0.3 is 51.4 Å². The molecule has 0 aliphatic heterocycles. The fourth-order valence-corrected chi connectivity index (χ4v) is 3.25. The molecule has 0 heterocycles. The summed E-state index contributed by atoms with van der Waals surface area (Å²) in [5.74, 6) is 0. The van der Waals surface area contributed by atoms with Crippen molar-refractivity contribution in [2.24, 2.45) is 0 Å². The second-order valence-electron chi connectivity index (χ2n) is 6.86. The Kier molecular flexibility index (Phi) is 20.7. The summed E-state index contributed by atoms with van der Waals surface area (Å²) in [6.07, 6.45) is 14.8. The molecular formula is C18H37KO4S. The SMILES string of the molecule is CCCCCCCCCCCCC(O)CCCC(C)S(=O)(=O)[O-].[K+]. The maximum atomic E-state index is 10.8. The van der Waals surface area contributed by atoms with Crippen LogP contribution in [0.3, 0.4) is 0 Å². The average Bonchev–Trinajstić information content (AvgIpc) is 2.48. The van der Waals surface area contributed by atoms with Gasteiger partial charge in [0.15, 0.2) is 0 Å². The maximum absolute atomic E-state index is 10.8. The van der Waals surface area contributed by atoms with Gasteiger partial charge in [-0.25, -0.2) is 8.42 Å². The minimum Gasteiger partial charge on any atom is -0.748 e. The molecule has 0 amide bonds. The van der Waals surface area contributed by atoms with Gasteiger partial charge in [-0.3, -0.25) is 0 Å². The van der Waals surface area contributed by atoms with Crippen LogP contribution < -0.4 is 51.4 Å². The molecule has 0 saturated carbocycles. The van der Waals surface area contributed by atoms with E-state index >= 15 is 0 Å². The van der Waals surface area contributed by atoms with E-state index < -0.39 is 15.4 Å². The van der Waals surface area contributed by atoms with Crippen LogP contribution in [0.15, 0.2) is 0 Å². The van der Waals surface area contributed by atoms with Crippen molar-refractivity contribution in [3.05, 3.63) is 0 Å². The Labute approximate surface area is 192 Å². The topological polar surface area (TPSA) is 77.4 Å². The van der Waals surface area contributed by atoms with Crippen LogP contribution in [0.2, 0.25) is 0 Å². The van der Waals surface area contributed by atoms with E-state index in [4.69, 9.17) is 0 Å². The van der Waals surface area contributed by atoms with E-state index in [9.17, 15) is 18.1 Å². The molecule has 2 unspecified atom stereocenters. The van der Waals surface area contributed by atoms with Crippen molar-refractivity contribution in [3.8, 4) is 0 Å². The van der Waals surface area contributed by atoms with Gasteiger partial charge < -0.3 is 9.66 Å². The number of hydrogen-bond donors (Lipinski definition) is 1. The van der Waals surface area contributed by atoms with Gasteiger partial charge in [0, 0.05) is 5.25 Å². The Morgan fingerprint density at radius 1 is 0.792 bits per heavy atom. The molecule has 0 fully saturated rings. The Bertz CT molecular complexity index is 360. The van der Waals surface area contributed by atoms with Crippen molar-refractivity contribution in [1.29, 1.82) is 0 Å². The average molecular weight is 389 g/mol. The molecule has 0 bridgehead atoms. The molecule has 1 N–H and O–H groups in total. The summed E-state index contributed by atoms with van der Waals surface area (Å²) >= 11 is 0. The minimum atomic E-state index is -4.17. The summed E-state index contributed by atoms with van der Waals surface area (Å²) in [4.78, 5) is 0. The molecule has 24 heavy (non-hydrogen) atoms. The van der Waals surface area contributed by atoms with Crippen molar-refractivity contribution in [2.75, 3.05) is 0 Å². The van der Waals surface area contributed by atoms with Gasteiger partial charge in [0.25, 0.3) is 0 Å². The monoisotopic (exact) mass is 388 g/mol. The summed E-state index contributed by atoms with van der Waals surface area (Å²) < 4.78 is 32.3. The van der Waals surface area contributed by atoms with E-state index in [0.717, 1.165) is 19.3 Å². The molecule has 0 radical (unpaired) electrons. The van der Waals surface area contributed by atoms with Gasteiger partial charge in [-0.05, 0) is 32.6 Å². The van der Waals surface area contributed by atoms with Crippen LogP contribution in [0, 0.1) is 0 Å². The second kappa shape index (κ2) is 17.9. The van der Waals surface area contributed by atoms with Gasteiger partial charge in [0.1, 0.15) is 0 Å². The van der Waals surface area contributed by atoms with Gasteiger partial charge in [0.05, 0.1) is 16.2 Å². The Hall–Kier alpha value is 1.51. The Morgan fingerprint density at radius 2 is 1.21 bits per heavy atom. The van der Waals surface area contributed by atoms with Crippen LogP contribution in [0.1, 0.15) is 104 Å². The zero-order chi connectivity index (χ0) is 17.6. The second-order valence-corrected chi connectivity index (χ2v) is 8.65. The van der Waals surface area contributed by atoms with E-state index in [-0.39, 0.29) is 57.5 Å². The first-order valence-electron chi connectivity index (χ1n) is 9.50. The normalized spacial score (nSPS) is 14.2. The minimum absolute atomic E-state index is 0. The molecule has 0 aromatic heterocycles. The molecule has 0 aliphatic carbocycles. The third kappa shape index (κ3) is 18.3. The quantitative estimate of drug-likeness (QED) is 0.248. The van der Waals surface area contributed by atoms with Gasteiger partial charge in [-0.1, -0.05) is 71.1 Å². The zero-order valence-electron chi connectivity index (χ0n) is 16.1. The van der Waals surface area contributed by atoms with E-state index in [1.807, 2.05) is 0 Å². The van der Waals surface area contributed by atoms with E-state index in [0.29, 0.717) is 19.3 Å². The maximum Gasteiger partial charge on any atom is 1.00 e. The van der Waals surface area contributed by atoms with Crippen LogP contribution >= 0.6 is 0 Å². The van der Waals surface area contributed by atoms with Crippen LogP contribution in [-0.2, 0) is 10.1 Å². The fraction of sp³-hybridized carbons (Fsp3) is 1.00. The third-order valence-corrected chi connectivity index (χ3v) is 5.75. The van der Waals surface area contributed by atoms with Gasteiger partial charge in [-0.15, -0.1) is 0 Å². The predicted molar refractivity (Wildman–Crippen MR) is 95.5 cm³/mol. The van der Waals surface area contributed by atoms with E-state index in [1.165, 1.54) is 58.3 Å². The third-order valence-electron chi connectivity index (χ3n) is 4.53. The largest absolute Gasteiger partial charge is 1.00 e. The van der Waals surface area contributed by atoms with Crippen molar-refractivity contribution >= 4 is 10.1 Å². The number of aliphatic hydroxyl groups is 1. The summed E-state index contributed by atoms with van der Waals surface area (Å²) in [7, 11) is -4.17. The number of unbranched alkanes of at least 4 members (excludes halogenated alkanes) is 9. The number of rotatable bonds is 16. The molecule has 2 atom stereocenters. The molecule has 6 heteroatoms. The van der Waals surface area contributed by atoms with Crippen LogP contribution in [-0.4, -0.2) is 29.4 Å². The molecule has 0 aromatic rings. The smallest absolute Gasteiger partial charge is 0.748 e. The molecule has 4 nitrogen and oxygen atoms in total. The Balaban J connectivity index is 0.